The second-order valence-electron chi connectivity index (χ2n) is 14.1. The Kier molecular flexibility index (Phi) is 35.2. The Labute approximate surface area is 286 Å². The summed E-state index contributed by atoms with van der Waals surface area (Å²) in [5.41, 5.74) is 0. The van der Waals surface area contributed by atoms with Gasteiger partial charge in [-0.1, -0.05) is 117 Å². The molecule has 0 spiro atoms. The number of ether oxygens (including phenoxy) is 2. The highest BCUT2D eigenvalue weighted by Crippen LogP contribution is 2.13. The van der Waals surface area contributed by atoms with E-state index in [1.807, 2.05) is 0 Å². The molecule has 0 aliphatic heterocycles. The second kappa shape index (κ2) is 32.4. The van der Waals surface area contributed by atoms with E-state index in [2.05, 4.69) is 42.0 Å². The van der Waals surface area contributed by atoms with Crippen molar-refractivity contribution in [3.05, 3.63) is 0 Å². The molecule has 0 radical (unpaired) electrons. The Morgan fingerprint density at radius 1 is 0.409 bits per heavy atom. The van der Waals surface area contributed by atoms with Gasteiger partial charge in [-0.15, -0.1) is 0 Å². The fourth-order valence-electron chi connectivity index (χ4n) is 5.44. The first-order chi connectivity index (χ1) is 20.1. The second-order valence-corrected chi connectivity index (χ2v) is 14.1. The van der Waals surface area contributed by atoms with E-state index >= 15 is 0 Å². The molecule has 0 N–H and O–H groups in total. The zero-order valence-electron chi connectivity index (χ0n) is 30.1. The first kappa shape index (κ1) is 47.8. The number of hydrogen-bond acceptors (Lipinski definition) is 4. The Morgan fingerprint density at radius 2 is 0.659 bits per heavy atom. The van der Waals surface area contributed by atoms with Crippen LogP contribution in [-0.2, 0) is 19.1 Å². The van der Waals surface area contributed by atoms with Gasteiger partial charge in [-0.05, 0) is 25.7 Å². The summed E-state index contributed by atoms with van der Waals surface area (Å²) in [6.07, 6.45) is 27.1. The average Bonchev–Trinajstić information content (AvgIpc) is 2.93. The molecule has 0 aromatic rings. The molecule has 8 heteroatoms. The summed E-state index contributed by atoms with van der Waals surface area (Å²) >= 11 is 0. The zero-order chi connectivity index (χ0) is 31.4. The molecule has 0 saturated heterocycles. The number of carbonyl (C=O) groups is 2. The van der Waals surface area contributed by atoms with Crippen LogP contribution in [0.3, 0.4) is 0 Å². The molecule has 0 unspecified atom stereocenters. The third kappa shape index (κ3) is 34.3. The molecule has 0 bridgehead atoms. The van der Waals surface area contributed by atoms with Gasteiger partial charge >= 0.3 is 11.9 Å². The highest BCUT2D eigenvalue weighted by Gasteiger charge is 2.18. The number of quaternary nitrogens is 2. The van der Waals surface area contributed by atoms with Crippen molar-refractivity contribution in [3.8, 4) is 0 Å². The molecule has 0 saturated carbocycles. The largest absolute Gasteiger partial charge is 1.00 e. The summed E-state index contributed by atoms with van der Waals surface area (Å²) in [6, 6.07) is 0. The van der Waals surface area contributed by atoms with E-state index in [4.69, 9.17) is 9.47 Å². The van der Waals surface area contributed by atoms with Crippen LogP contribution in [0.25, 0.3) is 0 Å². The Balaban J connectivity index is -0.00000840. The molecule has 0 rings (SSSR count). The van der Waals surface area contributed by atoms with E-state index < -0.39 is 0 Å². The van der Waals surface area contributed by atoms with Crippen LogP contribution in [0, 0.1) is 0 Å². The minimum atomic E-state index is -0.303. The van der Waals surface area contributed by atoms with E-state index in [1.54, 1.807) is 0 Å². The lowest BCUT2D eigenvalue weighted by atomic mass is 10.1. The molecule has 0 aliphatic carbocycles. The predicted octanol–water partition coefficient (Wildman–Crippen LogP) is 2.86. The molecule has 0 aromatic carbocycles. The van der Waals surface area contributed by atoms with Crippen molar-refractivity contribution >= 4 is 11.9 Å². The van der Waals surface area contributed by atoms with E-state index in [9.17, 15) is 9.59 Å². The SMILES string of the molecule is CCCCCCCCCCCC[N+](C)(C)CCOC(=O)CCC(=O)OCC[N+](C)(C)CCCCCCCCCCCC.[Cl-].[Cl-]. The zero-order valence-corrected chi connectivity index (χ0v) is 31.6. The van der Waals surface area contributed by atoms with Crippen molar-refractivity contribution in [2.45, 2.75) is 155 Å². The minimum Gasteiger partial charge on any atom is -1.00 e. The molecule has 44 heavy (non-hydrogen) atoms. The van der Waals surface area contributed by atoms with Crippen LogP contribution in [-0.4, -0.2) is 88.5 Å². The first-order valence-electron chi connectivity index (χ1n) is 18.1. The van der Waals surface area contributed by atoms with Crippen molar-refractivity contribution in [3.63, 3.8) is 0 Å². The minimum absolute atomic E-state index is 0. The standard InChI is InChI=1S/C36H74N2O4.2ClH/c1-7-9-11-13-15-17-19-21-23-25-29-37(3,4)31-33-41-35(39)27-28-36(40)42-34-32-38(5,6)30-26-24-22-20-18-16-14-12-10-8-2;;/h7-34H2,1-6H3;2*1H/q+2;;/p-2. The van der Waals surface area contributed by atoms with Gasteiger partial charge in [0.2, 0.25) is 0 Å². The molecular formula is C36H74Cl2N2O4. The summed E-state index contributed by atoms with van der Waals surface area (Å²) in [7, 11) is 8.82. The van der Waals surface area contributed by atoms with Crippen molar-refractivity contribution in [2.24, 2.45) is 0 Å². The van der Waals surface area contributed by atoms with Gasteiger partial charge in [0, 0.05) is 0 Å². The van der Waals surface area contributed by atoms with Crippen molar-refractivity contribution in [1.82, 2.24) is 0 Å². The van der Waals surface area contributed by atoms with Gasteiger partial charge in [-0.25, -0.2) is 0 Å². The average molecular weight is 670 g/mol. The number of hydrogen-bond donors (Lipinski definition) is 0. The van der Waals surface area contributed by atoms with Gasteiger partial charge < -0.3 is 43.3 Å². The van der Waals surface area contributed by atoms with Crippen molar-refractivity contribution in [1.29, 1.82) is 0 Å². The molecule has 0 atom stereocenters. The maximum absolute atomic E-state index is 12.1. The third-order valence-electron chi connectivity index (χ3n) is 8.69. The van der Waals surface area contributed by atoms with Crippen LogP contribution in [0.5, 0.6) is 0 Å². The third-order valence-corrected chi connectivity index (χ3v) is 8.69. The quantitative estimate of drug-likeness (QED) is 0.0648. The van der Waals surface area contributed by atoms with Gasteiger partial charge in [0.25, 0.3) is 0 Å². The summed E-state index contributed by atoms with van der Waals surface area (Å²) in [4.78, 5) is 24.3. The lowest BCUT2D eigenvalue weighted by molar-refractivity contribution is -0.890. The number of unbranched alkanes of at least 4 members (excludes halogenated alkanes) is 18. The van der Waals surface area contributed by atoms with Crippen LogP contribution in [0.15, 0.2) is 0 Å². The van der Waals surface area contributed by atoms with Crippen molar-refractivity contribution < 1.29 is 52.8 Å². The van der Waals surface area contributed by atoms with Gasteiger partial charge in [0.1, 0.15) is 26.3 Å². The Morgan fingerprint density at radius 3 is 0.932 bits per heavy atom. The van der Waals surface area contributed by atoms with Gasteiger partial charge in [-0.2, -0.15) is 0 Å². The van der Waals surface area contributed by atoms with Crippen LogP contribution in [0.1, 0.15) is 155 Å². The Bertz CT molecular complexity index is 594. The lowest BCUT2D eigenvalue weighted by Crippen LogP contribution is -3.00. The number of rotatable bonds is 31. The number of halogens is 2. The first-order valence-corrected chi connectivity index (χ1v) is 18.1. The predicted molar refractivity (Wildman–Crippen MR) is 179 cm³/mol. The number of nitrogens with zero attached hydrogens (tertiary/aromatic N) is 2. The van der Waals surface area contributed by atoms with E-state index in [0.717, 1.165) is 35.1 Å². The molecule has 266 valence electrons. The number of esters is 2. The van der Waals surface area contributed by atoms with E-state index in [0.29, 0.717) is 13.2 Å². The van der Waals surface area contributed by atoms with E-state index in [-0.39, 0.29) is 49.6 Å². The molecular weight excluding hydrogens is 595 g/mol. The molecule has 0 aromatic heterocycles. The smallest absolute Gasteiger partial charge is 0.306 e. The molecule has 0 fully saturated rings. The van der Waals surface area contributed by atoms with Gasteiger partial charge in [0.05, 0.1) is 54.1 Å². The maximum Gasteiger partial charge on any atom is 0.306 e. The normalized spacial score (nSPS) is 11.5. The van der Waals surface area contributed by atoms with Crippen LogP contribution in [0.4, 0.5) is 0 Å². The topological polar surface area (TPSA) is 52.6 Å². The highest BCUT2D eigenvalue weighted by molar-refractivity contribution is 5.77. The van der Waals surface area contributed by atoms with Crippen LogP contribution in [0.2, 0.25) is 0 Å². The highest BCUT2D eigenvalue weighted by atomic mass is 35.5. The molecule has 0 heterocycles. The number of likely N-dealkylation sites (N-methyl/N-ethyl adjacent to an activating group) is 2. The molecule has 6 nitrogen and oxygen atoms in total. The van der Waals surface area contributed by atoms with Crippen LogP contribution >= 0.6 is 0 Å². The molecule has 0 aliphatic rings. The summed E-state index contributed by atoms with van der Waals surface area (Å²) in [6.45, 7) is 9.17. The van der Waals surface area contributed by atoms with Gasteiger partial charge in [-0.3, -0.25) is 9.59 Å². The van der Waals surface area contributed by atoms with Gasteiger partial charge in [0.15, 0.2) is 0 Å². The fourth-order valence-corrected chi connectivity index (χ4v) is 5.44. The summed E-state index contributed by atoms with van der Waals surface area (Å²) < 4.78 is 12.6. The summed E-state index contributed by atoms with van der Waals surface area (Å²) in [5.74, 6) is -0.606. The monoisotopic (exact) mass is 669 g/mol. The maximum atomic E-state index is 12.1. The Hall–Kier alpha value is -0.560. The summed E-state index contributed by atoms with van der Waals surface area (Å²) in [5, 5.41) is 0. The fraction of sp³-hybridized carbons (Fsp3) is 0.944. The van der Waals surface area contributed by atoms with Crippen LogP contribution < -0.4 is 24.8 Å². The lowest BCUT2D eigenvalue weighted by Gasteiger charge is -2.29. The molecule has 0 amide bonds. The number of carbonyl (C=O) groups excluding carboxylic acids is 2. The van der Waals surface area contributed by atoms with E-state index in [1.165, 1.54) is 128 Å². The van der Waals surface area contributed by atoms with Crippen molar-refractivity contribution in [2.75, 3.05) is 67.6 Å².